The van der Waals surface area contributed by atoms with E-state index >= 15 is 0 Å². The number of thiophene rings is 1. The molecule has 0 aliphatic heterocycles. The highest BCUT2D eigenvalue weighted by molar-refractivity contribution is 7.25. The first-order chi connectivity index (χ1) is 33.1. The van der Waals surface area contributed by atoms with E-state index in [0.29, 0.717) is 17.5 Å². The van der Waals surface area contributed by atoms with Crippen molar-refractivity contribution in [3.05, 3.63) is 215 Å². The highest BCUT2D eigenvalue weighted by Gasteiger charge is 2.23. The minimum absolute atomic E-state index is 0.606. The molecule has 0 aliphatic carbocycles. The predicted molar refractivity (Wildman–Crippen MR) is 288 cm³/mol. The lowest BCUT2D eigenvalue weighted by atomic mass is 9.92. The zero-order chi connectivity index (χ0) is 46.2. The van der Waals surface area contributed by atoms with E-state index in [4.69, 9.17) is 15.0 Å². The molecule has 12 aromatic rings. The molecule has 0 saturated carbocycles. The van der Waals surface area contributed by atoms with E-state index in [0.717, 1.165) is 44.5 Å². The summed E-state index contributed by atoms with van der Waals surface area (Å²) in [7, 11) is 0. The molecule has 326 valence electrons. The van der Waals surface area contributed by atoms with Gasteiger partial charge < -0.3 is 4.57 Å². The van der Waals surface area contributed by atoms with Gasteiger partial charge in [0, 0.05) is 47.6 Å². The highest BCUT2D eigenvalue weighted by atomic mass is 32.1. The maximum Gasteiger partial charge on any atom is 0.166 e. The van der Waals surface area contributed by atoms with Crippen LogP contribution < -0.4 is 0 Å². The number of benzene rings is 9. The number of hydrogen-bond acceptors (Lipinski definition) is 4. The van der Waals surface area contributed by atoms with Crippen molar-refractivity contribution in [3.63, 3.8) is 0 Å². The van der Waals surface area contributed by atoms with Crippen molar-refractivity contribution in [2.45, 2.75) is 41.5 Å². The van der Waals surface area contributed by atoms with Crippen LogP contribution >= 0.6 is 11.3 Å². The summed E-state index contributed by atoms with van der Waals surface area (Å²) in [6.45, 7) is 13.3. The zero-order valence-corrected chi connectivity index (χ0v) is 39.8. The van der Waals surface area contributed by atoms with Crippen LogP contribution in [0, 0.1) is 41.5 Å². The van der Waals surface area contributed by atoms with Crippen LogP contribution in [0.5, 0.6) is 0 Å². The molecule has 3 heterocycles. The number of nitrogens with zero attached hydrogens (tertiary/aromatic N) is 4. The maximum absolute atomic E-state index is 5.41. The number of fused-ring (bicyclic) bond motifs is 6. The Balaban J connectivity index is 1.19. The average Bonchev–Trinajstić information content (AvgIpc) is 3.88. The van der Waals surface area contributed by atoms with Crippen LogP contribution in [0.1, 0.15) is 33.4 Å². The van der Waals surface area contributed by atoms with Crippen molar-refractivity contribution in [1.29, 1.82) is 0 Å². The Labute approximate surface area is 400 Å². The first kappa shape index (κ1) is 41.4. The van der Waals surface area contributed by atoms with Gasteiger partial charge in [-0.3, -0.25) is 0 Å². The fourth-order valence-corrected chi connectivity index (χ4v) is 11.9. The summed E-state index contributed by atoms with van der Waals surface area (Å²) in [5.41, 5.74) is 20.7. The van der Waals surface area contributed by atoms with Crippen molar-refractivity contribution in [1.82, 2.24) is 19.5 Å². The molecule has 0 atom stereocenters. The first-order valence-corrected chi connectivity index (χ1v) is 24.1. The number of rotatable bonds is 7. The summed E-state index contributed by atoms with van der Waals surface area (Å²) in [4.78, 5) is 16.0. The van der Waals surface area contributed by atoms with Crippen LogP contribution in [-0.2, 0) is 0 Å². The van der Waals surface area contributed by atoms with Crippen molar-refractivity contribution >= 4 is 53.3 Å². The van der Waals surface area contributed by atoms with E-state index in [-0.39, 0.29) is 0 Å². The number of hydrogen-bond donors (Lipinski definition) is 0. The fraction of sp³-hybridized carbons (Fsp3) is 0.0952. The third-order valence-corrected chi connectivity index (χ3v) is 14.7. The van der Waals surface area contributed by atoms with Crippen LogP contribution in [0.15, 0.2) is 182 Å². The molecule has 0 saturated heterocycles. The molecule has 5 heteroatoms. The molecule has 0 amide bonds. The van der Waals surface area contributed by atoms with Crippen molar-refractivity contribution in [2.75, 3.05) is 0 Å². The van der Waals surface area contributed by atoms with Gasteiger partial charge in [0.05, 0.1) is 16.7 Å². The standard InChI is InChI=1S/C63H48N4S/c1-37-29-39(3)59(40(4)30-37)47-21-25-49-50-26-22-48(60-41(5)31-38(2)32-42(60)6)36-56(50)67(55(49)35-47)54-27-23-45(46-24-28-58-52(33-46)51-19-13-14-20-57(51)68-58)34-53(54)63-65-61(43-15-9-7-10-16-43)64-62(66-63)44-17-11-8-12-18-44/h7-36H,1-6H3. The highest BCUT2D eigenvalue weighted by Crippen LogP contribution is 2.43. The van der Waals surface area contributed by atoms with Crippen molar-refractivity contribution in [2.24, 2.45) is 0 Å². The van der Waals surface area contributed by atoms with Crippen LogP contribution in [0.2, 0.25) is 0 Å². The summed E-state index contributed by atoms with van der Waals surface area (Å²) in [6, 6.07) is 66.2. The molecular weight excluding hydrogens is 845 g/mol. The van der Waals surface area contributed by atoms with Gasteiger partial charge in [0.25, 0.3) is 0 Å². The maximum atomic E-state index is 5.41. The molecule has 0 aliphatic rings. The SMILES string of the molecule is Cc1cc(C)c(-c2ccc3c4ccc(-c5c(C)cc(C)cc5C)cc4n(-c4ccc(-c5ccc6sc7ccccc7c6c5)cc4-c4nc(-c5ccccc5)nc(-c5ccccc5)n4)c3c2)c(C)c1. The third kappa shape index (κ3) is 7.10. The lowest BCUT2D eigenvalue weighted by Gasteiger charge is -2.18. The van der Waals surface area contributed by atoms with Crippen molar-refractivity contribution in [3.8, 4) is 73.2 Å². The second kappa shape index (κ2) is 16.4. The smallest absolute Gasteiger partial charge is 0.166 e. The van der Waals surface area contributed by atoms with Gasteiger partial charge in [0.2, 0.25) is 0 Å². The molecule has 0 radical (unpaired) electrons. The van der Waals surface area contributed by atoms with Crippen LogP contribution in [0.3, 0.4) is 0 Å². The monoisotopic (exact) mass is 892 g/mol. The van der Waals surface area contributed by atoms with Gasteiger partial charge in [-0.25, -0.2) is 15.0 Å². The lowest BCUT2D eigenvalue weighted by molar-refractivity contribution is 1.06. The molecule has 4 nitrogen and oxygen atoms in total. The van der Waals surface area contributed by atoms with Gasteiger partial charge in [-0.15, -0.1) is 11.3 Å². The Kier molecular flexibility index (Phi) is 10.00. The molecule has 0 N–H and O–H groups in total. The molecule has 68 heavy (non-hydrogen) atoms. The van der Waals surface area contributed by atoms with Gasteiger partial charge >= 0.3 is 0 Å². The van der Waals surface area contributed by atoms with Gasteiger partial charge in [-0.2, -0.15) is 0 Å². The summed E-state index contributed by atoms with van der Waals surface area (Å²) in [5, 5.41) is 4.91. The Bertz CT molecular complexity index is 3750. The molecule has 9 aromatic carbocycles. The van der Waals surface area contributed by atoms with E-state index in [1.54, 1.807) is 0 Å². The van der Waals surface area contributed by atoms with Crippen LogP contribution in [0.4, 0.5) is 0 Å². The summed E-state index contributed by atoms with van der Waals surface area (Å²) < 4.78 is 5.04. The Morgan fingerprint density at radius 2 is 0.794 bits per heavy atom. The van der Waals surface area contributed by atoms with Gasteiger partial charge in [0.15, 0.2) is 17.5 Å². The van der Waals surface area contributed by atoms with Gasteiger partial charge in [0.1, 0.15) is 0 Å². The summed E-state index contributed by atoms with van der Waals surface area (Å²) in [5.74, 6) is 1.85. The molecule has 0 spiro atoms. The Hall–Kier alpha value is -7.99. The first-order valence-electron chi connectivity index (χ1n) is 23.3. The molecule has 3 aromatic heterocycles. The summed E-state index contributed by atoms with van der Waals surface area (Å²) in [6.07, 6.45) is 0. The van der Waals surface area contributed by atoms with Crippen LogP contribution in [-0.4, -0.2) is 19.5 Å². The largest absolute Gasteiger partial charge is 0.308 e. The summed E-state index contributed by atoms with van der Waals surface area (Å²) >= 11 is 1.84. The topological polar surface area (TPSA) is 43.6 Å². The molecule has 0 unspecified atom stereocenters. The molecule has 0 fully saturated rings. The normalized spacial score (nSPS) is 11.7. The van der Waals surface area contributed by atoms with E-state index in [1.807, 2.05) is 47.7 Å². The average molecular weight is 893 g/mol. The van der Waals surface area contributed by atoms with E-state index in [2.05, 4.69) is 192 Å². The van der Waals surface area contributed by atoms with E-state index in [9.17, 15) is 0 Å². The Morgan fingerprint density at radius 3 is 1.35 bits per heavy atom. The fourth-order valence-electron chi connectivity index (χ4n) is 10.8. The quantitative estimate of drug-likeness (QED) is 0.160. The van der Waals surface area contributed by atoms with Gasteiger partial charge in [-0.05, 0) is 140 Å². The Morgan fingerprint density at radius 1 is 0.338 bits per heavy atom. The number of aromatic nitrogens is 4. The predicted octanol–water partition coefficient (Wildman–Crippen LogP) is 17.2. The van der Waals surface area contributed by atoms with Crippen molar-refractivity contribution < 1.29 is 0 Å². The van der Waals surface area contributed by atoms with E-state index < -0.39 is 0 Å². The second-order valence-electron chi connectivity index (χ2n) is 18.4. The third-order valence-electron chi connectivity index (χ3n) is 13.6. The van der Waals surface area contributed by atoms with Crippen LogP contribution in [0.25, 0.3) is 115 Å². The molecule has 0 bridgehead atoms. The molecule has 12 rings (SSSR count). The lowest BCUT2D eigenvalue weighted by Crippen LogP contribution is -2.04. The zero-order valence-electron chi connectivity index (χ0n) is 39.0. The number of aryl methyl sites for hydroxylation is 6. The minimum Gasteiger partial charge on any atom is -0.308 e. The van der Waals surface area contributed by atoms with Gasteiger partial charge in [-0.1, -0.05) is 151 Å². The van der Waals surface area contributed by atoms with E-state index in [1.165, 1.54) is 86.6 Å². The molecular formula is C63H48N4S. The minimum atomic E-state index is 0.606. The second-order valence-corrected chi connectivity index (χ2v) is 19.5.